The molecule has 282 valence electrons. The summed E-state index contributed by atoms with van der Waals surface area (Å²) in [5.74, 6) is -0.750. The van der Waals surface area contributed by atoms with Crippen LogP contribution in [0.15, 0.2) is 81.9 Å². The van der Waals surface area contributed by atoms with Gasteiger partial charge in [0.15, 0.2) is 0 Å². The Labute approximate surface area is 306 Å². The van der Waals surface area contributed by atoms with Crippen LogP contribution in [0.5, 0.6) is 0 Å². The van der Waals surface area contributed by atoms with Gasteiger partial charge in [-0.25, -0.2) is 24.3 Å². The number of nitrogens with two attached hydrogens (primary N) is 1. The van der Waals surface area contributed by atoms with Crippen molar-refractivity contribution >= 4 is 30.1 Å². The van der Waals surface area contributed by atoms with Crippen LogP contribution in [-0.4, -0.2) is 84.5 Å². The molecule has 0 aliphatic carbocycles. The van der Waals surface area contributed by atoms with Gasteiger partial charge >= 0.3 is 18.2 Å². The molecular weight excluding hydrogens is 666 g/mol. The zero-order valence-electron chi connectivity index (χ0n) is 30.2. The number of hydrogen-bond acceptors (Lipinski definition) is 10. The van der Waals surface area contributed by atoms with Gasteiger partial charge in [0.05, 0.1) is 25.3 Å². The maximum Gasteiger partial charge on any atom is 0.437 e. The van der Waals surface area contributed by atoms with Crippen LogP contribution in [-0.2, 0) is 37.0 Å². The molecule has 2 heterocycles. The minimum Gasteiger partial charge on any atom is -0.468 e. The monoisotopic (exact) mass is 719 g/mol. The summed E-state index contributed by atoms with van der Waals surface area (Å²) in [6, 6.07) is 18.5. The second-order valence-corrected chi connectivity index (χ2v) is 12.8. The lowest BCUT2D eigenvalue weighted by atomic mass is 9.96. The molecule has 0 unspecified atom stereocenters. The summed E-state index contributed by atoms with van der Waals surface area (Å²) in [7, 11) is 1.60. The number of benzene rings is 2. The number of guanidine groups is 1. The van der Waals surface area contributed by atoms with Crippen LogP contribution in [0.2, 0.25) is 0 Å². The molecule has 13 heteroatoms. The van der Waals surface area contributed by atoms with Crippen LogP contribution in [0, 0.1) is 0 Å². The van der Waals surface area contributed by atoms with E-state index >= 15 is 0 Å². The number of amidine groups is 1. The maximum atomic E-state index is 13.6. The first-order valence-electron chi connectivity index (χ1n) is 18.3. The van der Waals surface area contributed by atoms with Crippen LogP contribution >= 0.6 is 0 Å². The van der Waals surface area contributed by atoms with Gasteiger partial charge in [-0.3, -0.25) is 4.90 Å². The third-order valence-electron chi connectivity index (χ3n) is 8.92. The summed E-state index contributed by atoms with van der Waals surface area (Å²) in [5.41, 5.74) is 9.22. The molecule has 2 aliphatic rings. The normalized spacial score (nSPS) is 15.5. The van der Waals surface area contributed by atoms with Crippen molar-refractivity contribution in [1.29, 1.82) is 0 Å². The average Bonchev–Trinajstić information content (AvgIpc) is 3.65. The van der Waals surface area contributed by atoms with E-state index in [9.17, 15) is 14.4 Å². The number of unbranched alkanes of at least 4 members (excludes halogenated alkanes) is 7. The lowest BCUT2D eigenvalue weighted by Gasteiger charge is -2.30. The van der Waals surface area contributed by atoms with Crippen molar-refractivity contribution in [2.75, 3.05) is 33.4 Å². The number of methoxy groups -OCH3 is 1. The van der Waals surface area contributed by atoms with Crippen LogP contribution in [0.1, 0.15) is 88.2 Å². The molecule has 52 heavy (non-hydrogen) atoms. The smallest absolute Gasteiger partial charge is 0.437 e. The first-order valence-corrected chi connectivity index (χ1v) is 18.3. The Kier molecular flexibility index (Phi) is 17.0. The van der Waals surface area contributed by atoms with Gasteiger partial charge in [-0.2, -0.15) is 0 Å². The number of esters is 1. The number of aliphatic hydroxyl groups is 1. The van der Waals surface area contributed by atoms with Gasteiger partial charge in [0, 0.05) is 25.4 Å². The Hall–Kier alpha value is -4.91. The summed E-state index contributed by atoms with van der Waals surface area (Å²) in [4.78, 5) is 50.9. The van der Waals surface area contributed by atoms with Crippen LogP contribution in [0.3, 0.4) is 0 Å². The summed E-state index contributed by atoms with van der Waals surface area (Å²) < 4.78 is 22.1. The fourth-order valence-electron chi connectivity index (χ4n) is 6.20. The zero-order chi connectivity index (χ0) is 37.0. The highest BCUT2D eigenvalue weighted by molar-refractivity contribution is 5.98. The lowest BCUT2D eigenvalue weighted by molar-refractivity contribution is -0.139. The van der Waals surface area contributed by atoms with E-state index in [1.807, 2.05) is 65.6 Å². The second-order valence-electron chi connectivity index (χ2n) is 12.8. The molecule has 13 nitrogen and oxygen atoms in total. The Morgan fingerprint density at radius 1 is 0.865 bits per heavy atom. The summed E-state index contributed by atoms with van der Waals surface area (Å²) in [6.45, 7) is 1.16. The van der Waals surface area contributed by atoms with Crippen LogP contribution in [0.25, 0.3) is 0 Å². The summed E-state index contributed by atoms with van der Waals surface area (Å²) in [5, 5.41) is 8.98. The van der Waals surface area contributed by atoms with E-state index in [0.717, 1.165) is 92.5 Å². The number of carbonyl (C=O) groups is 3. The highest BCUT2D eigenvalue weighted by atomic mass is 16.6. The molecule has 0 bridgehead atoms. The first kappa shape index (κ1) is 39.9. The predicted molar refractivity (Wildman–Crippen MR) is 197 cm³/mol. The number of aliphatic imine (C=N–C) groups is 2. The van der Waals surface area contributed by atoms with E-state index in [2.05, 4.69) is 4.99 Å². The van der Waals surface area contributed by atoms with Gasteiger partial charge in [-0.05, 0) is 49.7 Å². The third-order valence-corrected chi connectivity index (χ3v) is 8.92. The average molecular weight is 720 g/mol. The Morgan fingerprint density at radius 2 is 1.50 bits per heavy atom. The molecule has 0 spiro atoms. The number of hydrogen-bond donors (Lipinski definition) is 2. The minimum atomic E-state index is -0.939. The quantitative estimate of drug-likeness (QED) is 0.0542. The Bertz CT molecular complexity index is 1520. The van der Waals surface area contributed by atoms with E-state index < -0.39 is 18.2 Å². The number of carbonyl (C=O) groups excluding carboxylic acids is 3. The van der Waals surface area contributed by atoms with Gasteiger partial charge in [0.25, 0.3) is 6.02 Å². The van der Waals surface area contributed by atoms with Crippen molar-refractivity contribution in [1.82, 2.24) is 9.80 Å². The van der Waals surface area contributed by atoms with Gasteiger partial charge in [-0.15, -0.1) is 4.99 Å². The lowest BCUT2D eigenvalue weighted by Crippen LogP contribution is -2.43. The summed E-state index contributed by atoms with van der Waals surface area (Å²) >= 11 is 0. The Morgan fingerprint density at radius 3 is 2.15 bits per heavy atom. The minimum absolute atomic E-state index is 0.00125. The molecule has 1 fully saturated rings. The van der Waals surface area contributed by atoms with Crippen LogP contribution < -0.4 is 5.73 Å². The fourth-order valence-corrected chi connectivity index (χ4v) is 6.20. The summed E-state index contributed by atoms with van der Waals surface area (Å²) in [6.07, 6.45) is 8.64. The number of fused-ring (bicyclic) bond motifs is 1. The zero-order valence-corrected chi connectivity index (χ0v) is 30.2. The Balaban J connectivity index is 1.32. The molecule has 4 rings (SSSR count). The molecule has 1 atom stereocenters. The molecular formula is C39H53N5O8. The van der Waals surface area contributed by atoms with E-state index in [0.29, 0.717) is 24.4 Å². The van der Waals surface area contributed by atoms with Crippen molar-refractivity contribution in [3.63, 3.8) is 0 Å². The fraction of sp³-hybridized carbons (Fsp3) is 0.513. The van der Waals surface area contributed by atoms with Crippen LogP contribution in [0.4, 0.5) is 9.59 Å². The first-order chi connectivity index (χ1) is 25.4. The third kappa shape index (κ3) is 12.7. The van der Waals surface area contributed by atoms with Crippen molar-refractivity contribution in [3.05, 3.63) is 83.1 Å². The van der Waals surface area contributed by atoms with E-state index in [1.165, 1.54) is 0 Å². The SMILES string of the molecule is COC1=N[C@H](CCCCCCCCCO)C(C(=O)OCCCCN(C(=O)OCc2ccccc2)/C(N)=N/C(=O)OCc2ccccc2)=C2CCCN12. The van der Waals surface area contributed by atoms with E-state index in [-0.39, 0.29) is 45.0 Å². The molecule has 2 aliphatic heterocycles. The number of amides is 2. The highest BCUT2D eigenvalue weighted by Gasteiger charge is 2.37. The van der Waals surface area contributed by atoms with Crippen molar-refractivity contribution in [2.45, 2.75) is 96.3 Å². The molecule has 0 aromatic heterocycles. The molecule has 2 aromatic carbocycles. The molecule has 1 saturated heterocycles. The molecule has 2 aromatic rings. The van der Waals surface area contributed by atoms with Gasteiger partial charge in [0.1, 0.15) is 13.2 Å². The highest BCUT2D eigenvalue weighted by Crippen LogP contribution is 2.34. The van der Waals surface area contributed by atoms with Gasteiger partial charge in [0.2, 0.25) is 5.96 Å². The number of nitrogens with zero attached hydrogens (tertiary/aromatic N) is 4. The molecule has 3 N–H and O–H groups in total. The van der Waals surface area contributed by atoms with Crippen molar-refractivity contribution in [2.24, 2.45) is 15.7 Å². The second kappa shape index (κ2) is 22.1. The number of aliphatic hydroxyl groups excluding tert-OH is 1. The maximum absolute atomic E-state index is 13.6. The molecule has 0 radical (unpaired) electrons. The van der Waals surface area contributed by atoms with E-state index in [1.54, 1.807) is 7.11 Å². The van der Waals surface area contributed by atoms with Gasteiger partial charge < -0.3 is 29.8 Å². The number of allylic oxidation sites excluding steroid dienone is 1. The van der Waals surface area contributed by atoms with Gasteiger partial charge in [-0.1, -0.05) is 99.2 Å². The molecule has 0 saturated carbocycles. The van der Waals surface area contributed by atoms with Crippen molar-refractivity contribution < 1.29 is 38.4 Å². The van der Waals surface area contributed by atoms with E-state index in [4.69, 9.17) is 34.8 Å². The predicted octanol–water partition coefficient (Wildman–Crippen LogP) is 6.45. The number of ether oxygens (including phenoxy) is 4. The topological polar surface area (TPSA) is 166 Å². The standard InChI is InChI=1S/C39H53N5O8/c1-49-37-41-32(22-13-5-3-2-4-6-15-26-45)34(33-23-17-25-43(33)37)35(46)50-27-16-14-24-44(39(48)52-29-31-20-11-8-12-21-31)36(40)42-38(47)51-28-30-18-9-7-10-19-30/h7-12,18-21,32,45H,2-6,13-17,22-29H2,1H3,(H2,40,42,47)/t32-/m1/s1. The molecule has 2 amide bonds. The van der Waals surface area contributed by atoms with Crippen molar-refractivity contribution in [3.8, 4) is 0 Å². The number of rotatable bonds is 19. The largest absolute Gasteiger partial charge is 0.468 e.